The highest BCUT2D eigenvalue weighted by Gasteiger charge is 2.36. The normalized spacial score (nSPS) is 16.7. The molecule has 0 bridgehead atoms. The van der Waals surface area contributed by atoms with E-state index in [9.17, 15) is 23.5 Å². The Bertz CT molecular complexity index is 1200. The van der Waals surface area contributed by atoms with E-state index < -0.39 is 17.2 Å². The van der Waals surface area contributed by atoms with Crippen LogP contribution in [0.5, 0.6) is 5.75 Å². The van der Waals surface area contributed by atoms with Gasteiger partial charge in [-0.15, -0.1) is 0 Å². The van der Waals surface area contributed by atoms with Gasteiger partial charge in [-0.3, -0.25) is 9.59 Å². The molecule has 29 heavy (non-hydrogen) atoms. The van der Waals surface area contributed by atoms with Gasteiger partial charge in [-0.25, -0.2) is 13.5 Å². The molecule has 0 aliphatic carbocycles. The second kappa shape index (κ2) is 6.68. The molecule has 1 aliphatic heterocycles. The van der Waals surface area contributed by atoms with E-state index in [1.54, 1.807) is 9.47 Å². The van der Waals surface area contributed by atoms with Crippen LogP contribution in [0.15, 0.2) is 29.2 Å². The molecule has 0 fully saturated rings. The molecule has 152 valence electrons. The fraction of sp³-hybridized carbons (Fsp3) is 0.350. The van der Waals surface area contributed by atoms with Gasteiger partial charge in [0.1, 0.15) is 5.39 Å². The van der Waals surface area contributed by atoms with Crippen molar-refractivity contribution in [3.05, 3.63) is 57.6 Å². The van der Waals surface area contributed by atoms with E-state index in [4.69, 9.17) is 0 Å². The quantitative estimate of drug-likeness (QED) is 0.731. The zero-order valence-electron chi connectivity index (χ0n) is 16.2. The molecule has 0 saturated carbocycles. The van der Waals surface area contributed by atoms with Crippen molar-refractivity contribution in [3.8, 4) is 5.75 Å². The van der Waals surface area contributed by atoms with Crippen LogP contribution in [0.2, 0.25) is 0 Å². The minimum atomic E-state index is -1.02. The Hall–Kier alpha value is -3.23. The minimum Gasteiger partial charge on any atom is -0.505 e. The Kier molecular flexibility index (Phi) is 4.40. The molecular formula is C20H20F2N4O3. The lowest BCUT2D eigenvalue weighted by molar-refractivity contribution is 0.0616. The second-order valence-electron chi connectivity index (χ2n) is 7.58. The molecule has 1 aromatic carbocycles. The lowest BCUT2D eigenvalue weighted by atomic mass is 10.1. The Labute approximate surface area is 164 Å². The summed E-state index contributed by atoms with van der Waals surface area (Å²) in [6.07, 6.45) is 1.41. The molecule has 1 aliphatic rings. The summed E-state index contributed by atoms with van der Waals surface area (Å²) in [5.41, 5.74) is 0.171. The number of hydrogen-bond acceptors (Lipinski definition) is 4. The molecule has 1 N–H and O–H groups in total. The first kappa shape index (κ1) is 19.1. The lowest BCUT2D eigenvalue weighted by Crippen LogP contribution is -2.45. The number of fused-ring (bicyclic) bond motifs is 3. The van der Waals surface area contributed by atoms with Crippen molar-refractivity contribution in [3.63, 3.8) is 0 Å². The molecule has 1 amide bonds. The van der Waals surface area contributed by atoms with Gasteiger partial charge in [0.15, 0.2) is 23.1 Å². The highest BCUT2D eigenvalue weighted by molar-refractivity contribution is 6.04. The van der Waals surface area contributed by atoms with Crippen LogP contribution in [0.3, 0.4) is 0 Å². The van der Waals surface area contributed by atoms with E-state index in [1.165, 1.54) is 12.3 Å². The number of benzene rings is 1. The van der Waals surface area contributed by atoms with Crippen LogP contribution in [0.4, 0.5) is 8.78 Å². The van der Waals surface area contributed by atoms with Crippen LogP contribution < -0.4 is 5.56 Å². The van der Waals surface area contributed by atoms with Gasteiger partial charge in [0.2, 0.25) is 0 Å². The number of carbonyl (C=O) groups excluding carboxylic acids is 1. The van der Waals surface area contributed by atoms with E-state index in [-0.39, 0.29) is 41.4 Å². The van der Waals surface area contributed by atoms with Gasteiger partial charge in [-0.2, -0.15) is 5.10 Å². The second-order valence-corrected chi connectivity index (χ2v) is 7.58. The lowest BCUT2D eigenvalue weighted by Gasteiger charge is -2.35. The third-order valence-corrected chi connectivity index (χ3v) is 5.29. The molecule has 0 unspecified atom stereocenters. The number of nitrogens with zero attached hydrogens (tertiary/aromatic N) is 4. The SMILES string of the molecule is CC(C)N1C[C@H](C)n2c(c(O)c3c(=O)n(Cc4ccc(F)c(F)c4)ncc32)C1=O. The van der Waals surface area contributed by atoms with Gasteiger partial charge >= 0.3 is 0 Å². The van der Waals surface area contributed by atoms with Gasteiger partial charge in [-0.05, 0) is 38.5 Å². The largest absolute Gasteiger partial charge is 0.505 e. The van der Waals surface area contributed by atoms with Crippen molar-refractivity contribution >= 4 is 16.8 Å². The van der Waals surface area contributed by atoms with Gasteiger partial charge in [0, 0.05) is 18.6 Å². The van der Waals surface area contributed by atoms with Gasteiger partial charge in [0.25, 0.3) is 11.5 Å². The van der Waals surface area contributed by atoms with Gasteiger partial charge in [-0.1, -0.05) is 6.07 Å². The van der Waals surface area contributed by atoms with E-state index >= 15 is 0 Å². The van der Waals surface area contributed by atoms with Crippen molar-refractivity contribution in [2.75, 3.05) is 6.54 Å². The molecule has 0 saturated heterocycles. The Morgan fingerprint density at radius 1 is 1.24 bits per heavy atom. The fourth-order valence-corrected chi connectivity index (χ4v) is 3.85. The molecule has 9 heteroatoms. The summed E-state index contributed by atoms with van der Waals surface area (Å²) in [6, 6.07) is 3.11. The summed E-state index contributed by atoms with van der Waals surface area (Å²) in [5.74, 6) is -2.73. The third kappa shape index (κ3) is 2.88. The molecular weight excluding hydrogens is 382 g/mol. The molecule has 0 spiro atoms. The predicted molar refractivity (Wildman–Crippen MR) is 102 cm³/mol. The Morgan fingerprint density at radius 3 is 2.62 bits per heavy atom. The topological polar surface area (TPSA) is 80.4 Å². The molecule has 2 aromatic heterocycles. The van der Waals surface area contributed by atoms with Crippen molar-refractivity contribution in [2.24, 2.45) is 0 Å². The average Bonchev–Trinajstić information content (AvgIpc) is 2.97. The Balaban J connectivity index is 1.86. The number of carbonyl (C=O) groups is 1. The van der Waals surface area contributed by atoms with Crippen LogP contribution in [0.1, 0.15) is 42.9 Å². The van der Waals surface area contributed by atoms with Crippen molar-refractivity contribution < 1.29 is 18.7 Å². The maximum atomic E-state index is 13.5. The van der Waals surface area contributed by atoms with Crippen LogP contribution in [0.25, 0.3) is 10.9 Å². The van der Waals surface area contributed by atoms with Crippen molar-refractivity contribution in [1.82, 2.24) is 19.2 Å². The molecule has 3 heterocycles. The monoisotopic (exact) mass is 402 g/mol. The first-order chi connectivity index (χ1) is 13.7. The predicted octanol–water partition coefficient (Wildman–Crippen LogP) is 2.66. The van der Waals surface area contributed by atoms with Crippen molar-refractivity contribution in [1.29, 1.82) is 0 Å². The average molecular weight is 402 g/mol. The Morgan fingerprint density at radius 2 is 1.97 bits per heavy atom. The number of aromatic hydroxyl groups is 1. The first-order valence-electron chi connectivity index (χ1n) is 9.28. The van der Waals surface area contributed by atoms with E-state index in [0.29, 0.717) is 17.6 Å². The molecule has 3 aromatic rings. The highest BCUT2D eigenvalue weighted by atomic mass is 19.2. The van der Waals surface area contributed by atoms with Crippen LogP contribution in [0, 0.1) is 11.6 Å². The highest BCUT2D eigenvalue weighted by Crippen LogP contribution is 2.36. The smallest absolute Gasteiger partial charge is 0.280 e. The molecule has 0 radical (unpaired) electrons. The summed E-state index contributed by atoms with van der Waals surface area (Å²) in [4.78, 5) is 27.5. The van der Waals surface area contributed by atoms with Crippen LogP contribution in [-0.4, -0.2) is 42.8 Å². The van der Waals surface area contributed by atoms with E-state index in [1.807, 2.05) is 20.8 Å². The number of hydrogen-bond donors (Lipinski definition) is 1. The van der Waals surface area contributed by atoms with Crippen molar-refractivity contribution in [2.45, 2.75) is 39.4 Å². The zero-order valence-corrected chi connectivity index (χ0v) is 16.2. The first-order valence-corrected chi connectivity index (χ1v) is 9.28. The summed E-state index contributed by atoms with van der Waals surface area (Å²) < 4.78 is 29.3. The summed E-state index contributed by atoms with van der Waals surface area (Å²) in [5, 5.41) is 14.9. The standard InChI is InChI=1S/C20H20F2N4O3/c1-10(2)24-8-11(3)26-15-7-23-25(9-12-4-5-13(21)14(22)6-12)19(28)16(15)18(27)17(26)20(24)29/h4-7,10-11,27H,8-9H2,1-3H3/t11-/m0/s1. The van der Waals surface area contributed by atoms with Crippen LogP contribution >= 0.6 is 0 Å². The van der Waals surface area contributed by atoms with Crippen LogP contribution in [-0.2, 0) is 6.54 Å². The van der Waals surface area contributed by atoms with E-state index in [0.717, 1.165) is 16.8 Å². The van der Waals surface area contributed by atoms with Gasteiger partial charge in [0.05, 0.1) is 18.3 Å². The third-order valence-electron chi connectivity index (χ3n) is 5.29. The summed E-state index contributed by atoms with van der Waals surface area (Å²) >= 11 is 0. The molecule has 4 rings (SSSR count). The maximum absolute atomic E-state index is 13.5. The van der Waals surface area contributed by atoms with E-state index in [2.05, 4.69) is 5.10 Å². The zero-order chi connectivity index (χ0) is 21.0. The van der Waals surface area contributed by atoms with Gasteiger partial charge < -0.3 is 14.6 Å². The molecule has 7 nitrogen and oxygen atoms in total. The maximum Gasteiger partial charge on any atom is 0.280 e. The summed E-state index contributed by atoms with van der Waals surface area (Å²) in [6.45, 7) is 6.02. The minimum absolute atomic E-state index is 0.0108. The number of halogens is 2. The summed E-state index contributed by atoms with van der Waals surface area (Å²) in [7, 11) is 0. The number of rotatable bonds is 3. The molecule has 1 atom stereocenters. The fourth-order valence-electron chi connectivity index (χ4n) is 3.85. The number of aromatic nitrogens is 3. The number of amides is 1.